The molecule has 102 valence electrons. The van der Waals surface area contributed by atoms with Crippen LogP contribution in [0, 0.1) is 5.92 Å². The number of hydrogen-bond acceptors (Lipinski definition) is 3. The van der Waals surface area contributed by atoms with Gasteiger partial charge in [-0.05, 0) is 48.9 Å². The molecule has 2 aliphatic rings. The number of rotatable bonds is 5. The summed E-state index contributed by atoms with van der Waals surface area (Å²) in [5.74, 6) is 0.838. The number of aryl methyl sites for hydroxylation is 1. The van der Waals surface area contributed by atoms with Gasteiger partial charge in [-0.3, -0.25) is 4.79 Å². The molecule has 1 amide bonds. The third kappa shape index (κ3) is 2.89. The van der Waals surface area contributed by atoms with E-state index in [0.717, 1.165) is 32.2 Å². The van der Waals surface area contributed by atoms with Crippen LogP contribution in [0.25, 0.3) is 0 Å². The molecule has 0 heterocycles. The predicted octanol–water partition coefficient (Wildman–Crippen LogP) is 1.50. The molecule has 1 aromatic carbocycles. The lowest BCUT2D eigenvalue weighted by Crippen LogP contribution is -2.33. The SMILES string of the molecule is O=C(NCCNC1CCc2cc(O)ccc21)C1CC1. The summed E-state index contributed by atoms with van der Waals surface area (Å²) in [6.07, 6.45) is 4.18. The van der Waals surface area contributed by atoms with Gasteiger partial charge in [-0.15, -0.1) is 0 Å². The average Bonchev–Trinajstić information content (AvgIpc) is 3.17. The van der Waals surface area contributed by atoms with Crippen LogP contribution in [0.5, 0.6) is 5.75 Å². The summed E-state index contributed by atoms with van der Waals surface area (Å²) in [6.45, 7) is 1.49. The van der Waals surface area contributed by atoms with Crippen molar-refractivity contribution in [1.29, 1.82) is 0 Å². The topological polar surface area (TPSA) is 61.4 Å². The van der Waals surface area contributed by atoms with E-state index in [-0.39, 0.29) is 11.8 Å². The van der Waals surface area contributed by atoms with Gasteiger partial charge in [-0.25, -0.2) is 0 Å². The van der Waals surface area contributed by atoms with Gasteiger partial charge in [0.15, 0.2) is 0 Å². The molecule has 3 rings (SSSR count). The zero-order chi connectivity index (χ0) is 13.2. The van der Waals surface area contributed by atoms with Gasteiger partial charge in [0.05, 0.1) is 0 Å². The summed E-state index contributed by atoms with van der Waals surface area (Å²) in [7, 11) is 0. The van der Waals surface area contributed by atoms with Crippen LogP contribution in [0.1, 0.15) is 36.4 Å². The van der Waals surface area contributed by atoms with Gasteiger partial charge in [0.2, 0.25) is 5.91 Å². The van der Waals surface area contributed by atoms with E-state index < -0.39 is 0 Å². The van der Waals surface area contributed by atoms with E-state index in [2.05, 4.69) is 10.6 Å². The van der Waals surface area contributed by atoms with Crippen LogP contribution in [-0.2, 0) is 11.2 Å². The molecule has 0 aliphatic heterocycles. The number of aromatic hydroxyl groups is 1. The quantitative estimate of drug-likeness (QED) is 0.703. The molecule has 1 unspecified atom stereocenters. The van der Waals surface area contributed by atoms with E-state index in [9.17, 15) is 9.90 Å². The van der Waals surface area contributed by atoms with Crippen molar-refractivity contribution >= 4 is 5.91 Å². The van der Waals surface area contributed by atoms with E-state index in [1.807, 2.05) is 12.1 Å². The predicted molar refractivity (Wildman–Crippen MR) is 72.9 cm³/mol. The van der Waals surface area contributed by atoms with Crippen molar-refractivity contribution in [2.75, 3.05) is 13.1 Å². The van der Waals surface area contributed by atoms with E-state index in [1.54, 1.807) is 6.07 Å². The summed E-state index contributed by atoms with van der Waals surface area (Å²) in [4.78, 5) is 11.5. The minimum absolute atomic E-state index is 0.207. The van der Waals surface area contributed by atoms with Gasteiger partial charge in [0.1, 0.15) is 5.75 Å². The lowest BCUT2D eigenvalue weighted by Gasteiger charge is -2.14. The van der Waals surface area contributed by atoms with Gasteiger partial charge in [0, 0.05) is 25.0 Å². The zero-order valence-electron chi connectivity index (χ0n) is 11.0. The van der Waals surface area contributed by atoms with Crippen LogP contribution in [0.4, 0.5) is 0 Å². The van der Waals surface area contributed by atoms with Crippen LogP contribution < -0.4 is 10.6 Å². The van der Waals surface area contributed by atoms with Gasteiger partial charge in [-0.1, -0.05) is 6.07 Å². The molecule has 3 N–H and O–H groups in total. The number of amides is 1. The average molecular weight is 260 g/mol. The Morgan fingerprint density at radius 2 is 2.11 bits per heavy atom. The molecule has 1 atom stereocenters. The number of phenols is 1. The molecule has 1 aromatic rings. The Balaban J connectivity index is 1.45. The molecular weight excluding hydrogens is 240 g/mol. The van der Waals surface area contributed by atoms with E-state index in [0.29, 0.717) is 18.3 Å². The molecular formula is C15H20N2O2. The van der Waals surface area contributed by atoms with Crippen molar-refractivity contribution in [1.82, 2.24) is 10.6 Å². The Morgan fingerprint density at radius 1 is 1.26 bits per heavy atom. The fourth-order valence-electron chi connectivity index (χ4n) is 2.74. The highest BCUT2D eigenvalue weighted by Gasteiger charge is 2.29. The molecule has 19 heavy (non-hydrogen) atoms. The Morgan fingerprint density at radius 3 is 2.89 bits per heavy atom. The number of carbonyl (C=O) groups excluding carboxylic acids is 1. The number of carbonyl (C=O) groups is 1. The summed E-state index contributed by atoms with van der Waals surface area (Å²) in [5.41, 5.74) is 2.52. The molecule has 2 aliphatic carbocycles. The van der Waals surface area contributed by atoms with Crippen molar-refractivity contribution in [3.8, 4) is 5.75 Å². The molecule has 4 heteroatoms. The maximum atomic E-state index is 11.5. The van der Waals surface area contributed by atoms with Gasteiger partial charge < -0.3 is 15.7 Å². The Bertz CT molecular complexity index is 483. The molecule has 4 nitrogen and oxygen atoms in total. The van der Waals surface area contributed by atoms with Crippen LogP contribution in [0.2, 0.25) is 0 Å². The zero-order valence-corrected chi connectivity index (χ0v) is 11.0. The second kappa shape index (κ2) is 5.21. The maximum Gasteiger partial charge on any atom is 0.223 e. The minimum atomic E-state index is 0.207. The summed E-state index contributed by atoms with van der Waals surface area (Å²) < 4.78 is 0. The van der Waals surface area contributed by atoms with Crippen LogP contribution >= 0.6 is 0 Å². The number of hydrogen-bond donors (Lipinski definition) is 3. The second-order valence-electron chi connectivity index (χ2n) is 5.49. The first kappa shape index (κ1) is 12.5. The smallest absolute Gasteiger partial charge is 0.223 e. The van der Waals surface area contributed by atoms with Gasteiger partial charge >= 0.3 is 0 Å². The van der Waals surface area contributed by atoms with Crippen LogP contribution in [0.3, 0.4) is 0 Å². The molecule has 0 bridgehead atoms. The van der Waals surface area contributed by atoms with Gasteiger partial charge in [0.25, 0.3) is 0 Å². The van der Waals surface area contributed by atoms with Crippen molar-refractivity contribution < 1.29 is 9.90 Å². The summed E-state index contributed by atoms with van der Waals surface area (Å²) in [5, 5.41) is 15.9. The third-order valence-electron chi connectivity index (χ3n) is 3.97. The first-order valence-electron chi connectivity index (χ1n) is 7.07. The highest BCUT2D eigenvalue weighted by Crippen LogP contribution is 2.33. The maximum absolute atomic E-state index is 11.5. The van der Waals surface area contributed by atoms with Crippen molar-refractivity contribution in [2.45, 2.75) is 31.7 Å². The van der Waals surface area contributed by atoms with Crippen molar-refractivity contribution in [3.63, 3.8) is 0 Å². The first-order chi connectivity index (χ1) is 9.24. The Kier molecular flexibility index (Phi) is 3.42. The minimum Gasteiger partial charge on any atom is -0.508 e. The van der Waals surface area contributed by atoms with E-state index in [1.165, 1.54) is 11.1 Å². The summed E-state index contributed by atoms with van der Waals surface area (Å²) >= 11 is 0. The first-order valence-corrected chi connectivity index (χ1v) is 7.07. The normalized spacial score (nSPS) is 21.2. The van der Waals surface area contributed by atoms with Crippen molar-refractivity contribution in [2.24, 2.45) is 5.92 Å². The lowest BCUT2D eigenvalue weighted by molar-refractivity contribution is -0.122. The third-order valence-corrected chi connectivity index (χ3v) is 3.97. The van der Waals surface area contributed by atoms with E-state index in [4.69, 9.17) is 0 Å². The number of benzene rings is 1. The highest BCUT2D eigenvalue weighted by atomic mass is 16.3. The monoisotopic (exact) mass is 260 g/mol. The second-order valence-corrected chi connectivity index (χ2v) is 5.49. The van der Waals surface area contributed by atoms with E-state index >= 15 is 0 Å². The fraction of sp³-hybridized carbons (Fsp3) is 0.533. The number of fused-ring (bicyclic) bond motifs is 1. The van der Waals surface area contributed by atoms with Gasteiger partial charge in [-0.2, -0.15) is 0 Å². The number of phenolic OH excluding ortho intramolecular Hbond substituents is 1. The molecule has 0 radical (unpaired) electrons. The lowest BCUT2D eigenvalue weighted by atomic mass is 10.1. The van der Waals surface area contributed by atoms with Crippen molar-refractivity contribution in [3.05, 3.63) is 29.3 Å². The largest absolute Gasteiger partial charge is 0.508 e. The molecule has 1 saturated carbocycles. The van der Waals surface area contributed by atoms with Crippen LogP contribution in [-0.4, -0.2) is 24.1 Å². The molecule has 0 aromatic heterocycles. The highest BCUT2D eigenvalue weighted by molar-refractivity contribution is 5.80. The Hall–Kier alpha value is -1.55. The summed E-state index contributed by atoms with van der Waals surface area (Å²) in [6, 6.07) is 5.95. The Labute approximate surface area is 113 Å². The molecule has 0 saturated heterocycles. The number of nitrogens with one attached hydrogen (secondary N) is 2. The fourth-order valence-corrected chi connectivity index (χ4v) is 2.74. The van der Waals surface area contributed by atoms with Crippen LogP contribution in [0.15, 0.2) is 18.2 Å². The standard InChI is InChI=1S/C15H20N2O2/c18-12-4-5-13-11(9-12)3-6-14(13)16-7-8-17-15(19)10-1-2-10/h4-5,9-10,14,16,18H,1-3,6-8H2,(H,17,19). The molecule has 1 fully saturated rings. The molecule has 0 spiro atoms.